The number of hydrogen-bond acceptors (Lipinski definition) is 1. The van der Waals surface area contributed by atoms with Crippen molar-refractivity contribution in [3.63, 3.8) is 0 Å². The summed E-state index contributed by atoms with van der Waals surface area (Å²) in [5.41, 5.74) is 0.139. The molecule has 0 unspecified atom stereocenters. The first-order valence-electron chi connectivity index (χ1n) is 2.66. The molecule has 1 nitrogen and oxygen atoms in total. The fourth-order valence-electron chi connectivity index (χ4n) is 0.750. The average Bonchev–Trinajstić information content (AvgIpc) is 1.84. The van der Waals surface area contributed by atoms with Crippen molar-refractivity contribution < 1.29 is 56.1 Å². The van der Waals surface area contributed by atoms with Crippen molar-refractivity contribution >= 4 is 0 Å². The van der Waals surface area contributed by atoms with Gasteiger partial charge in [0.15, 0.2) is 0 Å². The summed E-state index contributed by atoms with van der Waals surface area (Å²) >= 11 is 0. The van der Waals surface area contributed by atoms with Crippen LogP contribution in [0.2, 0.25) is 0 Å². The molecular formula is C6H11KO. The molecule has 0 radical (unpaired) electrons. The minimum Gasteiger partial charge on any atom is -0.410 e. The molecule has 1 saturated heterocycles. The molecule has 0 amide bonds. The average molecular weight is 138 g/mol. The van der Waals surface area contributed by atoms with Gasteiger partial charge in [-0.3, -0.25) is 0 Å². The summed E-state index contributed by atoms with van der Waals surface area (Å²) in [5, 5.41) is 0. The molecule has 8 heavy (non-hydrogen) atoms. The van der Waals surface area contributed by atoms with Gasteiger partial charge in [-0.2, -0.15) is 0 Å². The van der Waals surface area contributed by atoms with Crippen LogP contribution in [-0.4, -0.2) is 12.2 Å². The van der Waals surface area contributed by atoms with E-state index in [1.165, 1.54) is 0 Å². The van der Waals surface area contributed by atoms with Crippen molar-refractivity contribution in [1.29, 1.82) is 0 Å². The maximum Gasteiger partial charge on any atom is 1.00 e. The van der Waals surface area contributed by atoms with Crippen molar-refractivity contribution in [2.45, 2.75) is 25.9 Å². The quantitative estimate of drug-likeness (QED) is 0.289. The van der Waals surface area contributed by atoms with E-state index >= 15 is 0 Å². The van der Waals surface area contributed by atoms with Gasteiger partial charge in [0.1, 0.15) is 0 Å². The topological polar surface area (TPSA) is 9.23 Å². The zero-order valence-corrected chi connectivity index (χ0v) is 9.02. The minimum atomic E-state index is 0. The van der Waals surface area contributed by atoms with Gasteiger partial charge < -0.3 is 11.2 Å². The molecule has 42 valence electrons. The second-order valence-corrected chi connectivity index (χ2v) is 2.56. The van der Waals surface area contributed by atoms with E-state index in [1.54, 1.807) is 0 Å². The molecule has 0 aromatic carbocycles. The van der Waals surface area contributed by atoms with E-state index < -0.39 is 0 Å². The van der Waals surface area contributed by atoms with Gasteiger partial charge >= 0.3 is 51.4 Å². The molecule has 0 aromatic rings. The number of ether oxygens (including phenoxy) is 1. The monoisotopic (exact) mass is 138 g/mol. The molecular weight excluding hydrogens is 127 g/mol. The standard InChI is InChI=1S/C6H11O.K/c1-6(2)4-3-5-7-6;/h3H,4-5H2,1-2H3;/q-1;+1. The molecule has 1 fully saturated rings. The fraction of sp³-hybridized carbons (Fsp3) is 0.833. The van der Waals surface area contributed by atoms with E-state index in [4.69, 9.17) is 4.74 Å². The normalized spacial score (nSPS) is 24.8. The van der Waals surface area contributed by atoms with E-state index in [1.807, 2.05) is 0 Å². The maximum atomic E-state index is 5.28. The molecule has 0 aromatic heterocycles. The molecule has 1 aliphatic heterocycles. The summed E-state index contributed by atoms with van der Waals surface area (Å²) in [4.78, 5) is 0. The van der Waals surface area contributed by atoms with Gasteiger partial charge in [0, 0.05) is 5.60 Å². The van der Waals surface area contributed by atoms with Crippen molar-refractivity contribution in [3.05, 3.63) is 6.42 Å². The predicted octanol–water partition coefficient (Wildman–Crippen LogP) is -1.61. The summed E-state index contributed by atoms with van der Waals surface area (Å²) in [6.45, 7) is 5.06. The van der Waals surface area contributed by atoms with Gasteiger partial charge in [0.05, 0.1) is 0 Å². The van der Waals surface area contributed by atoms with Gasteiger partial charge in [-0.25, -0.2) is 0 Å². The van der Waals surface area contributed by atoms with Crippen LogP contribution in [0.15, 0.2) is 0 Å². The second kappa shape index (κ2) is 3.69. The predicted molar refractivity (Wildman–Crippen MR) is 28.9 cm³/mol. The van der Waals surface area contributed by atoms with Crippen molar-refractivity contribution in [1.82, 2.24) is 0 Å². The third-order valence-corrected chi connectivity index (χ3v) is 1.23. The molecule has 0 bridgehead atoms. The summed E-state index contributed by atoms with van der Waals surface area (Å²) < 4.78 is 5.28. The Bertz CT molecular complexity index is 62.9. The van der Waals surface area contributed by atoms with Crippen LogP contribution in [0.5, 0.6) is 0 Å². The molecule has 0 atom stereocenters. The minimum absolute atomic E-state index is 0. The van der Waals surface area contributed by atoms with E-state index in [0.29, 0.717) is 0 Å². The van der Waals surface area contributed by atoms with Crippen molar-refractivity contribution in [2.24, 2.45) is 0 Å². The van der Waals surface area contributed by atoms with Crippen LogP contribution in [0.3, 0.4) is 0 Å². The van der Waals surface area contributed by atoms with Crippen LogP contribution in [0.1, 0.15) is 20.3 Å². The van der Waals surface area contributed by atoms with E-state index in [2.05, 4.69) is 20.3 Å². The Kier molecular flexibility index (Phi) is 4.42. The third kappa shape index (κ3) is 2.94. The third-order valence-electron chi connectivity index (χ3n) is 1.23. The molecule has 1 aliphatic rings. The molecule has 0 saturated carbocycles. The molecule has 1 rings (SSSR count). The van der Waals surface area contributed by atoms with Gasteiger partial charge in [-0.15, -0.1) is 6.42 Å². The van der Waals surface area contributed by atoms with E-state index in [9.17, 15) is 0 Å². The maximum absolute atomic E-state index is 5.28. The SMILES string of the molecule is CC1(C)C[CH-]CO1.[K+]. The zero-order valence-electron chi connectivity index (χ0n) is 5.90. The smallest absolute Gasteiger partial charge is 0.410 e. The summed E-state index contributed by atoms with van der Waals surface area (Å²) in [6.07, 6.45) is 3.27. The molecule has 1 heterocycles. The van der Waals surface area contributed by atoms with Gasteiger partial charge in [-0.05, 0) is 13.8 Å². The van der Waals surface area contributed by atoms with Crippen LogP contribution in [0.25, 0.3) is 0 Å². The Morgan fingerprint density at radius 2 is 2.12 bits per heavy atom. The molecule has 0 N–H and O–H groups in total. The number of rotatable bonds is 0. The Morgan fingerprint density at radius 3 is 2.25 bits per heavy atom. The molecule has 0 aliphatic carbocycles. The van der Waals surface area contributed by atoms with Crippen LogP contribution in [0.4, 0.5) is 0 Å². The van der Waals surface area contributed by atoms with E-state index in [0.717, 1.165) is 13.0 Å². The molecule has 2 heteroatoms. The largest absolute Gasteiger partial charge is 1.00 e. The van der Waals surface area contributed by atoms with Crippen molar-refractivity contribution in [3.8, 4) is 0 Å². The van der Waals surface area contributed by atoms with Gasteiger partial charge in [-0.1, -0.05) is 6.61 Å². The summed E-state index contributed by atoms with van der Waals surface area (Å²) in [5.74, 6) is 0. The zero-order chi connectivity index (χ0) is 5.33. The Labute approximate surface area is 93.6 Å². The summed E-state index contributed by atoms with van der Waals surface area (Å²) in [6, 6.07) is 0. The van der Waals surface area contributed by atoms with E-state index in [-0.39, 0.29) is 57.0 Å². The Hall–Kier alpha value is 1.60. The van der Waals surface area contributed by atoms with Crippen LogP contribution in [-0.2, 0) is 4.74 Å². The first-order valence-corrected chi connectivity index (χ1v) is 2.66. The fourth-order valence-corrected chi connectivity index (χ4v) is 0.750. The Balaban J connectivity index is 0.000000490. The van der Waals surface area contributed by atoms with Crippen LogP contribution in [0, 0.1) is 6.42 Å². The first kappa shape index (κ1) is 9.60. The Morgan fingerprint density at radius 1 is 1.50 bits per heavy atom. The van der Waals surface area contributed by atoms with Crippen molar-refractivity contribution in [2.75, 3.05) is 6.61 Å². The first-order chi connectivity index (χ1) is 3.21. The number of hydrogen-bond donors (Lipinski definition) is 0. The van der Waals surface area contributed by atoms with Gasteiger partial charge in [0.25, 0.3) is 0 Å². The van der Waals surface area contributed by atoms with Crippen LogP contribution >= 0.6 is 0 Å². The second-order valence-electron chi connectivity index (χ2n) is 2.56. The van der Waals surface area contributed by atoms with Crippen LogP contribution < -0.4 is 51.4 Å². The molecule has 0 spiro atoms. The van der Waals surface area contributed by atoms with Gasteiger partial charge in [0.2, 0.25) is 0 Å². The summed E-state index contributed by atoms with van der Waals surface area (Å²) in [7, 11) is 0.